The van der Waals surface area contributed by atoms with Crippen LogP contribution >= 0.6 is 12.2 Å². The first-order valence-corrected chi connectivity index (χ1v) is 5.57. The van der Waals surface area contributed by atoms with Crippen molar-refractivity contribution < 1.29 is 0 Å². The number of rotatable bonds is 4. The maximum atomic E-state index is 5.52. The third-order valence-corrected chi connectivity index (χ3v) is 2.39. The molecule has 0 unspecified atom stereocenters. The number of pyridine rings is 2. The first-order chi connectivity index (χ1) is 8.25. The quantitative estimate of drug-likeness (QED) is 0.802. The smallest absolute Gasteiger partial charge is 0.127 e. The highest BCUT2D eigenvalue weighted by Gasteiger charge is 2.00. The minimum atomic E-state index is 0.298. The molecule has 2 heterocycles. The molecule has 0 amide bonds. The van der Waals surface area contributed by atoms with Gasteiger partial charge in [0.15, 0.2) is 0 Å². The predicted octanol–water partition coefficient (Wildman–Crippen LogP) is 1.72. The Morgan fingerprint density at radius 2 is 2.12 bits per heavy atom. The summed E-state index contributed by atoms with van der Waals surface area (Å²) >= 11 is 4.87. The molecule has 2 aromatic rings. The van der Waals surface area contributed by atoms with Crippen LogP contribution in [-0.4, -0.2) is 15.0 Å². The second-order valence-corrected chi connectivity index (χ2v) is 3.89. The molecule has 0 aliphatic heterocycles. The lowest BCUT2D eigenvalue weighted by Crippen LogP contribution is -2.12. The van der Waals surface area contributed by atoms with Crippen LogP contribution in [0.25, 0.3) is 0 Å². The summed E-state index contributed by atoms with van der Waals surface area (Å²) in [5.74, 6) is 0.737. The van der Waals surface area contributed by atoms with Gasteiger partial charge in [0.2, 0.25) is 0 Å². The van der Waals surface area contributed by atoms with E-state index in [0.29, 0.717) is 17.2 Å². The van der Waals surface area contributed by atoms with Crippen molar-refractivity contribution in [3.8, 4) is 0 Å². The van der Waals surface area contributed by atoms with Crippen LogP contribution in [0.5, 0.6) is 0 Å². The van der Waals surface area contributed by atoms with Gasteiger partial charge in [-0.25, -0.2) is 4.98 Å². The Labute approximate surface area is 105 Å². The molecule has 5 heteroatoms. The van der Waals surface area contributed by atoms with Crippen molar-refractivity contribution in [1.82, 2.24) is 9.97 Å². The largest absolute Gasteiger partial charge is 0.388 e. The topological polar surface area (TPSA) is 63.8 Å². The van der Waals surface area contributed by atoms with Gasteiger partial charge in [-0.3, -0.25) is 4.98 Å². The summed E-state index contributed by atoms with van der Waals surface area (Å²) in [5.41, 5.74) is 7.09. The maximum absolute atomic E-state index is 5.52. The number of nitrogens with two attached hydrogens (primary N) is 1. The highest BCUT2D eigenvalue weighted by Crippen LogP contribution is 2.06. The molecule has 86 valence electrons. The predicted molar refractivity (Wildman–Crippen MR) is 71.7 cm³/mol. The Morgan fingerprint density at radius 1 is 1.24 bits per heavy atom. The number of aromatic nitrogens is 2. The number of anilines is 1. The average Bonchev–Trinajstić information content (AvgIpc) is 2.38. The van der Waals surface area contributed by atoms with Gasteiger partial charge < -0.3 is 11.1 Å². The third-order valence-electron chi connectivity index (χ3n) is 2.18. The maximum Gasteiger partial charge on any atom is 0.127 e. The van der Waals surface area contributed by atoms with Crippen molar-refractivity contribution in [2.45, 2.75) is 6.54 Å². The molecule has 0 radical (unpaired) electrons. The van der Waals surface area contributed by atoms with Crippen molar-refractivity contribution in [3.63, 3.8) is 0 Å². The Morgan fingerprint density at radius 3 is 2.82 bits per heavy atom. The lowest BCUT2D eigenvalue weighted by Gasteiger charge is -2.06. The lowest BCUT2D eigenvalue weighted by atomic mass is 10.3. The third kappa shape index (κ3) is 3.22. The van der Waals surface area contributed by atoms with E-state index in [1.165, 1.54) is 0 Å². The van der Waals surface area contributed by atoms with Gasteiger partial charge in [0, 0.05) is 6.20 Å². The van der Waals surface area contributed by atoms with E-state index in [9.17, 15) is 0 Å². The number of nitrogens with one attached hydrogen (secondary N) is 1. The summed E-state index contributed by atoms with van der Waals surface area (Å²) in [6.45, 7) is 0.620. The number of nitrogens with zero attached hydrogens (tertiary/aromatic N) is 2. The number of hydrogen-bond acceptors (Lipinski definition) is 4. The molecule has 0 saturated carbocycles. The van der Waals surface area contributed by atoms with Gasteiger partial charge in [-0.2, -0.15) is 0 Å². The van der Waals surface area contributed by atoms with Crippen molar-refractivity contribution in [3.05, 3.63) is 54.0 Å². The minimum absolute atomic E-state index is 0.298. The highest BCUT2D eigenvalue weighted by molar-refractivity contribution is 7.80. The molecular formula is C12H12N4S. The zero-order valence-corrected chi connectivity index (χ0v) is 9.95. The van der Waals surface area contributed by atoms with Crippen LogP contribution in [0.1, 0.15) is 11.4 Å². The van der Waals surface area contributed by atoms with E-state index in [-0.39, 0.29) is 0 Å². The van der Waals surface area contributed by atoms with Crippen molar-refractivity contribution >= 4 is 23.0 Å². The number of hydrogen-bond donors (Lipinski definition) is 2. The molecule has 0 atom stereocenters. The summed E-state index contributed by atoms with van der Waals surface area (Å²) in [5, 5.41) is 3.17. The molecule has 2 rings (SSSR count). The van der Waals surface area contributed by atoms with Crippen LogP contribution in [-0.2, 0) is 6.54 Å². The Kier molecular flexibility index (Phi) is 3.62. The Bertz CT molecular complexity index is 513. The van der Waals surface area contributed by atoms with E-state index < -0.39 is 0 Å². The van der Waals surface area contributed by atoms with Crippen LogP contribution in [0.2, 0.25) is 0 Å². The highest BCUT2D eigenvalue weighted by atomic mass is 32.1. The van der Waals surface area contributed by atoms with Gasteiger partial charge in [-0.05, 0) is 24.3 Å². The van der Waals surface area contributed by atoms with E-state index in [0.717, 1.165) is 11.5 Å². The zero-order chi connectivity index (χ0) is 12.1. The summed E-state index contributed by atoms with van der Waals surface area (Å²) < 4.78 is 0. The molecular weight excluding hydrogens is 232 g/mol. The van der Waals surface area contributed by atoms with Gasteiger partial charge in [-0.15, -0.1) is 0 Å². The first-order valence-electron chi connectivity index (χ1n) is 5.16. The summed E-state index contributed by atoms with van der Waals surface area (Å²) in [6, 6.07) is 11.3. The molecule has 0 saturated heterocycles. The van der Waals surface area contributed by atoms with E-state index in [4.69, 9.17) is 18.0 Å². The van der Waals surface area contributed by atoms with Crippen molar-refractivity contribution in [1.29, 1.82) is 0 Å². The standard InChI is InChI=1S/C12H12N4S/c13-12(17)10-5-3-6-11(16-10)15-8-9-4-1-2-7-14-9/h1-7H,8H2,(H2,13,17)(H,15,16). The van der Waals surface area contributed by atoms with Crippen molar-refractivity contribution in [2.24, 2.45) is 5.73 Å². The summed E-state index contributed by atoms with van der Waals surface area (Å²) in [6.07, 6.45) is 1.76. The summed E-state index contributed by atoms with van der Waals surface area (Å²) in [7, 11) is 0. The monoisotopic (exact) mass is 244 g/mol. The van der Waals surface area contributed by atoms with E-state index in [1.54, 1.807) is 12.3 Å². The van der Waals surface area contributed by atoms with Crippen LogP contribution in [0.4, 0.5) is 5.82 Å². The Hall–Kier alpha value is -2.01. The SMILES string of the molecule is NC(=S)c1cccc(NCc2ccccn2)n1. The molecule has 0 spiro atoms. The van der Waals surface area contributed by atoms with E-state index in [1.807, 2.05) is 30.3 Å². The van der Waals surface area contributed by atoms with Gasteiger partial charge in [0.25, 0.3) is 0 Å². The molecule has 2 aromatic heterocycles. The fraction of sp³-hybridized carbons (Fsp3) is 0.0833. The van der Waals surface area contributed by atoms with Gasteiger partial charge >= 0.3 is 0 Å². The zero-order valence-electron chi connectivity index (χ0n) is 9.13. The molecule has 0 fully saturated rings. The first kappa shape index (κ1) is 11.5. The molecule has 0 bridgehead atoms. The number of thiocarbonyl (C=S) groups is 1. The fourth-order valence-corrected chi connectivity index (χ4v) is 1.47. The van der Waals surface area contributed by atoms with E-state index >= 15 is 0 Å². The van der Waals surface area contributed by atoms with Crippen LogP contribution < -0.4 is 11.1 Å². The molecule has 17 heavy (non-hydrogen) atoms. The average molecular weight is 244 g/mol. The minimum Gasteiger partial charge on any atom is -0.388 e. The summed E-state index contributed by atoms with van der Waals surface area (Å²) in [4.78, 5) is 8.79. The fourth-order valence-electron chi connectivity index (χ4n) is 1.35. The van der Waals surface area contributed by atoms with Crippen LogP contribution in [0.3, 0.4) is 0 Å². The molecule has 4 nitrogen and oxygen atoms in total. The van der Waals surface area contributed by atoms with Crippen molar-refractivity contribution in [2.75, 3.05) is 5.32 Å². The Balaban J connectivity index is 2.04. The van der Waals surface area contributed by atoms with Crippen LogP contribution in [0.15, 0.2) is 42.6 Å². The second kappa shape index (κ2) is 5.36. The van der Waals surface area contributed by atoms with Gasteiger partial charge in [0.05, 0.1) is 17.9 Å². The van der Waals surface area contributed by atoms with E-state index in [2.05, 4.69) is 15.3 Å². The van der Waals surface area contributed by atoms with Gasteiger partial charge in [0.1, 0.15) is 10.8 Å². The molecule has 0 aromatic carbocycles. The van der Waals surface area contributed by atoms with Crippen LogP contribution in [0, 0.1) is 0 Å². The molecule has 0 aliphatic carbocycles. The molecule has 3 N–H and O–H groups in total. The normalized spacial score (nSPS) is 9.88. The second-order valence-electron chi connectivity index (χ2n) is 3.45. The molecule has 0 aliphatic rings. The lowest BCUT2D eigenvalue weighted by molar-refractivity contribution is 1.03. The van der Waals surface area contributed by atoms with Gasteiger partial charge in [-0.1, -0.05) is 24.4 Å².